The summed E-state index contributed by atoms with van der Waals surface area (Å²) in [6.45, 7) is 5.27. The highest BCUT2D eigenvalue weighted by atomic mass is 35.5. The molecule has 2 rings (SSSR count). The molecule has 2 aromatic carbocycles. The van der Waals surface area contributed by atoms with Crippen LogP contribution in [-0.4, -0.2) is 48.2 Å². The maximum absolute atomic E-state index is 13.1. The van der Waals surface area contributed by atoms with Crippen LogP contribution in [0.3, 0.4) is 0 Å². The molecule has 2 amide bonds. The van der Waals surface area contributed by atoms with Gasteiger partial charge < -0.3 is 14.5 Å². The van der Waals surface area contributed by atoms with Gasteiger partial charge in [0.1, 0.15) is 5.60 Å². The van der Waals surface area contributed by atoms with E-state index in [2.05, 4.69) is 0 Å². The topological polar surface area (TPSA) is 84.0 Å². The quantitative estimate of drug-likeness (QED) is 0.273. The second kappa shape index (κ2) is 11.5. The van der Waals surface area contributed by atoms with E-state index in [-0.39, 0.29) is 12.5 Å². The Hall–Kier alpha value is -2.90. The number of nitrogens with zero attached hydrogens (tertiary/aromatic N) is 2. The molecule has 0 aromatic heterocycles. The lowest BCUT2D eigenvalue weighted by Gasteiger charge is -2.25. The van der Waals surface area contributed by atoms with Crippen molar-refractivity contribution in [2.45, 2.75) is 45.8 Å². The summed E-state index contributed by atoms with van der Waals surface area (Å²) >= 11 is 12.1. The summed E-state index contributed by atoms with van der Waals surface area (Å²) in [7, 11) is 3.28. The molecule has 182 valence electrons. The number of hydrogen-bond acceptors (Lipinski definition) is 5. The number of carbonyl (C=O) groups excluding carboxylic acids is 4. The van der Waals surface area contributed by atoms with E-state index in [1.807, 2.05) is 6.92 Å². The summed E-state index contributed by atoms with van der Waals surface area (Å²) in [6.07, 6.45) is -0.153. The number of anilines is 1. The van der Waals surface area contributed by atoms with Gasteiger partial charge in [0.2, 0.25) is 11.7 Å². The molecule has 2 aromatic rings. The third-order valence-corrected chi connectivity index (χ3v) is 5.96. The average Bonchev–Trinajstić information content (AvgIpc) is 2.78. The predicted octanol–water partition coefficient (Wildman–Crippen LogP) is 4.92. The minimum Gasteiger partial charge on any atom is -0.454 e. The van der Waals surface area contributed by atoms with Gasteiger partial charge in [-0.15, -0.1) is 0 Å². The smallest absolute Gasteiger partial charge is 0.375 e. The number of hydrogen-bond donors (Lipinski definition) is 0. The van der Waals surface area contributed by atoms with Gasteiger partial charge in [0.05, 0.1) is 23.0 Å². The van der Waals surface area contributed by atoms with Crippen LogP contribution in [0.2, 0.25) is 10.0 Å². The van der Waals surface area contributed by atoms with Crippen LogP contribution in [-0.2, 0) is 25.7 Å². The van der Waals surface area contributed by atoms with E-state index in [1.165, 1.54) is 9.80 Å². The summed E-state index contributed by atoms with van der Waals surface area (Å²) < 4.78 is 5.21. The highest BCUT2D eigenvalue weighted by molar-refractivity contribution is 6.42. The summed E-state index contributed by atoms with van der Waals surface area (Å²) in [6, 6.07) is 11.3. The van der Waals surface area contributed by atoms with Crippen molar-refractivity contribution in [2.24, 2.45) is 0 Å². The largest absolute Gasteiger partial charge is 0.454 e. The van der Waals surface area contributed by atoms with Crippen molar-refractivity contribution in [3.8, 4) is 0 Å². The van der Waals surface area contributed by atoms with Gasteiger partial charge in [-0.05, 0) is 62.2 Å². The second-order valence-corrected chi connectivity index (χ2v) is 9.39. The Balaban J connectivity index is 2.31. The Morgan fingerprint density at radius 3 is 2.09 bits per heavy atom. The molecule has 7 nitrogen and oxygen atoms in total. The summed E-state index contributed by atoms with van der Waals surface area (Å²) in [5.41, 5.74) is 0.738. The maximum atomic E-state index is 13.1. The van der Waals surface area contributed by atoms with Gasteiger partial charge in [0.15, 0.2) is 0 Å². The number of Topliss-reactive ketones (excluding diaryl/α,β-unsaturated/α-hetero) is 1. The van der Waals surface area contributed by atoms with Crippen LogP contribution < -0.4 is 4.90 Å². The van der Waals surface area contributed by atoms with Crippen LogP contribution in [0.5, 0.6) is 0 Å². The van der Waals surface area contributed by atoms with E-state index in [1.54, 1.807) is 70.4 Å². The highest BCUT2D eigenvalue weighted by Crippen LogP contribution is 2.26. The van der Waals surface area contributed by atoms with Crippen LogP contribution in [0.15, 0.2) is 42.5 Å². The fraction of sp³-hybridized carbons (Fsp3) is 0.360. The lowest BCUT2D eigenvalue weighted by atomic mass is 10.1. The zero-order valence-corrected chi connectivity index (χ0v) is 21.4. The lowest BCUT2D eigenvalue weighted by molar-refractivity contribution is -0.164. The van der Waals surface area contributed by atoms with E-state index >= 15 is 0 Å². The minimum atomic E-state index is -1.05. The minimum absolute atomic E-state index is 0.0689. The van der Waals surface area contributed by atoms with Gasteiger partial charge in [-0.3, -0.25) is 14.4 Å². The summed E-state index contributed by atoms with van der Waals surface area (Å²) in [4.78, 5) is 52.8. The lowest BCUT2D eigenvalue weighted by Crippen LogP contribution is -2.36. The number of halogens is 2. The van der Waals surface area contributed by atoms with Gasteiger partial charge in [-0.25, -0.2) is 4.79 Å². The van der Waals surface area contributed by atoms with Crippen LogP contribution in [0.1, 0.15) is 49.5 Å². The number of ether oxygens (including phenoxy) is 1. The molecule has 0 heterocycles. The summed E-state index contributed by atoms with van der Waals surface area (Å²) in [5, 5.41) is 0.686. The molecular weight excluding hydrogens is 479 g/mol. The SMILES string of the molecule is CCC(C)(C)OC(=O)C(=O)CC(=O)N(Cc1ccc(Cl)c(Cl)c1)c1ccc(C(=O)N(C)C)cc1. The molecule has 0 saturated carbocycles. The zero-order valence-electron chi connectivity index (χ0n) is 19.9. The number of benzene rings is 2. The first-order chi connectivity index (χ1) is 15.8. The van der Waals surface area contributed by atoms with Crippen LogP contribution in [0.25, 0.3) is 0 Å². The van der Waals surface area contributed by atoms with E-state index in [4.69, 9.17) is 27.9 Å². The van der Waals surface area contributed by atoms with Gasteiger partial charge in [0, 0.05) is 25.3 Å². The van der Waals surface area contributed by atoms with Crippen molar-refractivity contribution >= 4 is 52.5 Å². The predicted molar refractivity (Wildman–Crippen MR) is 132 cm³/mol. The van der Waals surface area contributed by atoms with Gasteiger partial charge >= 0.3 is 5.97 Å². The number of esters is 1. The van der Waals surface area contributed by atoms with E-state index < -0.39 is 29.7 Å². The first-order valence-corrected chi connectivity index (χ1v) is 11.4. The first-order valence-electron chi connectivity index (χ1n) is 10.7. The average molecular weight is 507 g/mol. The molecule has 0 radical (unpaired) electrons. The van der Waals surface area contributed by atoms with Crippen molar-refractivity contribution in [3.05, 3.63) is 63.6 Å². The standard InChI is InChI=1S/C25H28Cl2N2O5/c1-6-25(2,3)34-24(33)21(30)14-22(31)29(15-16-7-12-19(26)20(27)13-16)18-10-8-17(9-11-18)23(32)28(4)5/h7-13H,6,14-15H2,1-5H3. The highest BCUT2D eigenvalue weighted by Gasteiger charge is 2.29. The number of rotatable bonds is 9. The van der Waals surface area contributed by atoms with Crippen molar-refractivity contribution < 1.29 is 23.9 Å². The van der Waals surface area contributed by atoms with Crippen LogP contribution in [0, 0.1) is 0 Å². The van der Waals surface area contributed by atoms with Crippen molar-refractivity contribution in [2.75, 3.05) is 19.0 Å². The molecule has 0 aliphatic carbocycles. The molecular formula is C25H28Cl2N2O5. The number of carbonyl (C=O) groups is 4. The normalized spacial score (nSPS) is 11.0. The first kappa shape index (κ1) is 27.3. The molecule has 0 spiro atoms. The Morgan fingerprint density at radius 2 is 1.56 bits per heavy atom. The van der Waals surface area contributed by atoms with Gasteiger partial charge in [-0.2, -0.15) is 0 Å². The third-order valence-electron chi connectivity index (χ3n) is 5.22. The summed E-state index contributed by atoms with van der Waals surface area (Å²) in [5.74, 6) is -2.79. The molecule has 0 unspecified atom stereocenters. The molecule has 9 heteroatoms. The van der Waals surface area contributed by atoms with Gasteiger partial charge in [-0.1, -0.05) is 36.2 Å². The van der Waals surface area contributed by atoms with Gasteiger partial charge in [0.25, 0.3) is 5.91 Å². The van der Waals surface area contributed by atoms with Crippen molar-refractivity contribution in [1.29, 1.82) is 0 Å². The Kier molecular flexibility index (Phi) is 9.24. The second-order valence-electron chi connectivity index (χ2n) is 8.58. The zero-order chi connectivity index (χ0) is 25.6. The van der Waals surface area contributed by atoms with Crippen LogP contribution >= 0.6 is 23.2 Å². The van der Waals surface area contributed by atoms with Crippen LogP contribution in [0.4, 0.5) is 5.69 Å². The monoisotopic (exact) mass is 506 g/mol. The third kappa shape index (κ3) is 7.30. The van der Waals surface area contributed by atoms with E-state index in [9.17, 15) is 19.2 Å². The molecule has 0 saturated heterocycles. The molecule has 0 N–H and O–H groups in total. The molecule has 34 heavy (non-hydrogen) atoms. The van der Waals surface area contributed by atoms with E-state index in [0.29, 0.717) is 33.3 Å². The molecule has 0 atom stereocenters. The van der Waals surface area contributed by atoms with E-state index in [0.717, 1.165) is 0 Å². The molecule has 0 aliphatic rings. The maximum Gasteiger partial charge on any atom is 0.375 e. The number of amides is 2. The fourth-order valence-corrected chi connectivity index (χ4v) is 3.19. The van der Waals surface area contributed by atoms with Crippen molar-refractivity contribution in [1.82, 2.24) is 4.90 Å². The molecule has 0 aliphatic heterocycles. The fourth-order valence-electron chi connectivity index (χ4n) is 2.87. The Bertz CT molecular complexity index is 1080. The molecule has 0 bridgehead atoms. The van der Waals surface area contributed by atoms with Crippen molar-refractivity contribution in [3.63, 3.8) is 0 Å². The molecule has 0 fully saturated rings. The number of ketones is 1. The Labute approximate surface area is 209 Å². The Morgan fingerprint density at radius 1 is 0.941 bits per heavy atom.